The minimum atomic E-state index is -1.45. The zero-order chi connectivity index (χ0) is 25.4. The van der Waals surface area contributed by atoms with Gasteiger partial charge in [-0.25, -0.2) is 15.3 Å². The lowest BCUT2D eigenvalue weighted by molar-refractivity contribution is -0.165. The lowest BCUT2D eigenvalue weighted by Gasteiger charge is -2.30. The predicted molar refractivity (Wildman–Crippen MR) is 124 cm³/mol. The number of aromatic nitrogens is 1. The summed E-state index contributed by atoms with van der Waals surface area (Å²) in [5.74, 6) is -3.01. The Morgan fingerprint density at radius 1 is 1.17 bits per heavy atom. The molecule has 1 aromatic carbocycles. The van der Waals surface area contributed by atoms with E-state index in [2.05, 4.69) is 10.5 Å². The number of hydrogen-bond donors (Lipinski definition) is 3. The minimum Gasteiger partial charge on any atom is -0.481 e. The van der Waals surface area contributed by atoms with Crippen molar-refractivity contribution in [2.45, 2.75) is 51.0 Å². The molecule has 0 aliphatic heterocycles. The number of halogens is 1. The molecule has 1 amide bonds. The number of aliphatic carboxylic acids is 2. The van der Waals surface area contributed by atoms with Crippen LogP contribution in [0.3, 0.4) is 0 Å². The van der Waals surface area contributed by atoms with E-state index in [0.717, 1.165) is 18.4 Å². The number of benzene rings is 1. The summed E-state index contributed by atoms with van der Waals surface area (Å²) in [5, 5.41) is 19.8. The summed E-state index contributed by atoms with van der Waals surface area (Å²) in [6, 6.07) is 6.88. The number of rotatable bonds is 13. The van der Waals surface area contributed by atoms with Gasteiger partial charge in [-0.1, -0.05) is 24.4 Å². The molecule has 35 heavy (non-hydrogen) atoms. The van der Waals surface area contributed by atoms with Crippen molar-refractivity contribution >= 4 is 29.4 Å². The van der Waals surface area contributed by atoms with E-state index in [9.17, 15) is 24.6 Å². The Labute approximate surface area is 207 Å². The molecule has 1 aliphatic carbocycles. The largest absolute Gasteiger partial charge is 0.481 e. The Balaban J connectivity index is 1.65. The molecule has 10 nitrogen and oxygen atoms in total. The van der Waals surface area contributed by atoms with Crippen molar-refractivity contribution in [2.24, 2.45) is 11.3 Å². The highest BCUT2D eigenvalue weighted by Gasteiger charge is 2.44. The molecule has 1 heterocycles. The van der Waals surface area contributed by atoms with E-state index in [0.29, 0.717) is 23.6 Å². The van der Waals surface area contributed by atoms with Crippen LogP contribution >= 0.6 is 11.6 Å². The molecule has 0 saturated heterocycles. The summed E-state index contributed by atoms with van der Waals surface area (Å²) in [6.45, 7) is 0.264. The molecule has 0 unspecified atom stereocenters. The standard InChI is InChI=1S/C24H29ClN2O8/c1-33-11-8-16(21(28)29)13-24(9-2-3-10-24)23(32)27-35-18(22(30)31)12-20-26-14-19(34-20)15-4-6-17(25)7-5-15/h4-7,14,16,18H,2-3,8-13H2,1H3,(H,27,32)(H,28,29)(H,30,31)/t16-,18+/m1/s1. The second-order valence-electron chi connectivity index (χ2n) is 8.71. The number of carbonyl (C=O) groups excluding carboxylic acids is 1. The number of carboxylic acid groups (broad SMARTS) is 2. The van der Waals surface area contributed by atoms with Gasteiger partial charge in [0.05, 0.1) is 24.0 Å². The second kappa shape index (κ2) is 12.1. The number of carboxylic acids is 2. The van der Waals surface area contributed by atoms with Crippen LogP contribution < -0.4 is 5.48 Å². The zero-order valence-corrected chi connectivity index (χ0v) is 20.1. The first-order chi connectivity index (χ1) is 16.7. The first-order valence-corrected chi connectivity index (χ1v) is 11.7. The smallest absolute Gasteiger partial charge is 0.336 e. The highest BCUT2D eigenvalue weighted by Crippen LogP contribution is 2.44. The Morgan fingerprint density at radius 3 is 2.46 bits per heavy atom. The van der Waals surface area contributed by atoms with Crippen LogP contribution in [0, 0.1) is 11.3 Å². The summed E-state index contributed by atoms with van der Waals surface area (Å²) >= 11 is 5.89. The first kappa shape index (κ1) is 26.7. The fourth-order valence-corrected chi connectivity index (χ4v) is 4.47. The normalized spacial score (nSPS) is 16.5. The number of oxazole rings is 1. The van der Waals surface area contributed by atoms with E-state index < -0.39 is 35.3 Å². The van der Waals surface area contributed by atoms with Crippen LogP contribution in [0.1, 0.15) is 44.4 Å². The minimum absolute atomic E-state index is 0.123. The molecule has 3 N–H and O–H groups in total. The Bertz CT molecular complexity index is 1020. The van der Waals surface area contributed by atoms with Gasteiger partial charge in [-0.3, -0.25) is 14.4 Å². The van der Waals surface area contributed by atoms with Crippen LogP contribution in [0.25, 0.3) is 11.3 Å². The maximum atomic E-state index is 13.1. The van der Waals surface area contributed by atoms with E-state index in [1.807, 2.05) is 0 Å². The topological polar surface area (TPSA) is 148 Å². The van der Waals surface area contributed by atoms with E-state index in [1.54, 1.807) is 24.3 Å². The quantitative estimate of drug-likeness (QED) is 0.344. The lowest BCUT2D eigenvalue weighted by atomic mass is 9.76. The van der Waals surface area contributed by atoms with Gasteiger partial charge in [0.25, 0.3) is 0 Å². The van der Waals surface area contributed by atoms with Gasteiger partial charge in [0.2, 0.25) is 5.91 Å². The third-order valence-corrected chi connectivity index (χ3v) is 6.56. The lowest BCUT2D eigenvalue weighted by Crippen LogP contribution is -2.44. The van der Waals surface area contributed by atoms with Gasteiger partial charge in [-0.05, 0) is 49.9 Å². The molecule has 11 heteroatoms. The summed E-state index contributed by atoms with van der Waals surface area (Å²) in [7, 11) is 1.49. The number of methoxy groups -OCH3 is 1. The number of carbonyl (C=O) groups is 3. The van der Waals surface area contributed by atoms with Crippen molar-refractivity contribution in [3.8, 4) is 11.3 Å². The van der Waals surface area contributed by atoms with E-state index in [1.165, 1.54) is 13.3 Å². The van der Waals surface area contributed by atoms with Gasteiger partial charge in [0.15, 0.2) is 17.8 Å². The van der Waals surface area contributed by atoms with Crippen LogP contribution in [0.15, 0.2) is 34.9 Å². The van der Waals surface area contributed by atoms with Gasteiger partial charge in [-0.2, -0.15) is 0 Å². The van der Waals surface area contributed by atoms with Gasteiger partial charge >= 0.3 is 11.9 Å². The molecule has 1 fully saturated rings. The molecule has 0 spiro atoms. The average Bonchev–Trinajstić information content (AvgIpc) is 3.50. The van der Waals surface area contributed by atoms with Crippen LogP contribution in [-0.2, 0) is 30.4 Å². The summed E-state index contributed by atoms with van der Waals surface area (Å²) < 4.78 is 10.6. The molecule has 0 radical (unpaired) electrons. The molecular weight excluding hydrogens is 480 g/mol. The van der Waals surface area contributed by atoms with Gasteiger partial charge in [0, 0.05) is 24.3 Å². The highest BCUT2D eigenvalue weighted by molar-refractivity contribution is 6.30. The third-order valence-electron chi connectivity index (χ3n) is 6.31. The molecule has 0 bridgehead atoms. The van der Waals surface area contributed by atoms with Gasteiger partial charge in [-0.15, -0.1) is 0 Å². The number of amides is 1. The zero-order valence-electron chi connectivity index (χ0n) is 19.4. The predicted octanol–water partition coefficient (Wildman–Crippen LogP) is 3.73. The van der Waals surface area contributed by atoms with Crippen molar-refractivity contribution in [1.29, 1.82) is 0 Å². The Kier molecular flexibility index (Phi) is 9.25. The molecule has 1 saturated carbocycles. The monoisotopic (exact) mass is 508 g/mol. The number of nitrogens with one attached hydrogen (secondary N) is 1. The number of nitrogens with zero attached hydrogens (tertiary/aromatic N) is 1. The highest BCUT2D eigenvalue weighted by atomic mass is 35.5. The molecule has 3 rings (SSSR count). The van der Waals surface area contributed by atoms with E-state index >= 15 is 0 Å². The van der Waals surface area contributed by atoms with Crippen LogP contribution in [0.5, 0.6) is 0 Å². The Hall–Kier alpha value is -2.95. The van der Waals surface area contributed by atoms with E-state index in [4.69, 9.17) is 25.6 Å². The van der Waals surface area contributed by atoms with Gasteiger partial charge in [0.1, 0.15) is 0 Å². The van der Waals surface area contributed by atoms with Crippen molar-refractivity contribution in [3.05, 3.63) is 41.4 Å². The third kappa shape index (κ3) is 7.03. The summed E-state index contributed by atoms with van der Waals surface area (Å²) in [5.41, 5.74) is 2.07. The van der Waals surface area contributed by atoms with Crippen LogP contribution in [0.2, 0.25) is 5.02 Å². The summed E-state index contributed by atoms with van der Waals surface area (Å²) in [4.78, 5) is 46.0. The maximum Gasteiger partial charge on any atom is 0.336 e. The van der Waals surface area contributed by atoms with Crippen molar-refractivity contribution < 1.29 is 38.6 Å². The molecule has 190 valence electrons. The fraction of sp³-hybridized carbons (Fsp3) is 0.500. The molecule has 1 aromatic heterocycles. The van der Waals surface area contributed by atoms with Gasteiger partial charge < -0.3 is 19.4 Å². The second-order valence-corrected chi connectivity index (χ2v) is 9.15. The summed E-state index contributed by atoms with van der Waals surface area (Å²) in [6.07, 6.45) is 2.76. The number of hydrogen-bond acceptors (Lipinski definition) is 7. The number of hydroxylamine groups is 1. The SMILES string of the molecule is COCC[C@H](CC1(C(=O)NO[C@@H](Cc2ncc(-c3ccc(Cl)cc3)o2)C(=O)O)CCCC1)C(=O)O. The average molecular weight is 509 g/mol. The van der Waals surface area contributed by atoms with Crippen molar-refractivity contribution in [1.82, 2.24) is 10.5 Å². The Morgan fingerprint density at radius 2 is 1.86 bits per heavy atom. The van der Waals surface area contributed by atoms with Crippen LogP contribution in [0.4, 0.5) is 0 Å². The van der Waals surface area contributed by atoms with Crippen molar-refractivity contribution in [2.75, 3.05) is 13.7 Å². The fourth-order valence-electron chi connectivity index (χ4n) is 4.34. The van der Waals surface area contributed by atoms with Crippen LogP contribution in [-0.4, -0.2) is 52.9 Å². The van der Waals surface area contributed by atoms with Crippen molar-refractivity contribution in [3.63, 3.8) is 0 Å². The molecule has 2 atom stereocenters. The molecular formula is C24H29ClN2O8. The maximum absolute atomic E-state index is 13.1. The molecule has 1 aliphatic rings. The molecule has 2 aromatic rings. The van der Waals surface area contributed by atoms with E-state index in [-0.39, 0.29) is 31.8 Å². The number of ether oxygens (including phenoxy) is 1. The first-order valence-electron chi connectivity index (χ1n) is 11.4.